The number of nitrogens with zero attached hydrogens (tertiary/aromatic N) is 2. The maximum Gasteiger partial charge on any atom is 0.320 e. The smallest absolute Gasteiger partial charge is 0.320 e. The molecule has 0 bridgehead atoms. The average Bonchev–Trinajstić information content (AvgIpc) is 2.81. The van der Waals surface area contributed by atoms with E-state index in [2.05, 4.69) is 0 Å². The number of sulfonamides is 1. The first kappa shape index (κ1) is 29.5. The van der Waals surface area contributed by atoms with Gasteiger partial charge in [-0.2, -0.15) is 0 Å². The number of aliphatic carboxylic acids is 1. The standard InChI is InChI=1S/C25H25ClF2N2O4S.ClH/c1-16(22-7-5-4-6-18(22)15-29(3)17(2)25(31)32)30(24-14-20(27)10-13-23(24)28)35(33,34)21-11-8-19(26)9-12-21;/h4-14,16-17H,15H2,1-3H3,(H,31,32);1H/t16-,17+;/m1./s1. The van der Waals surface area contributed by atoms with Crippen LogP contribution in [0.15, 0.2) is 71.6 Å². The summed E-state index contributed by atoms with van der Waals surface area (Å²) in [6, 6.07) is 13.1. The lowest BCUT2D eigenvalue weighted by molar-refractivity contribution is -0.142. The summed E-state index contributed by atoms with van der Waals surface area (Å²) in [5, 5.41) is 9.66. The predicted octanol–water partition coefficient (Wildman–Crippen LogP) is 5.90. The molecule has 0 saturated heterocycles. The van der Waals surface area contributed by atoms with E-state index in [-0.39, 0.29) is 23.8 Å². The number of carbonyl (C=O) groups is 1. The molecule has 0 heterocycles. The number of likely N-dealkylation sites (N-methyl/N-ethyl adjacent to an activating group) is 1. The molecule has 0 aliphatic heterocycles. The molecule has 0 saturated carbocycles. The molecule has 3 rings (SSSR count). The molecule has 0 aliphatic carbocycles. The molecule has 0 spiro atoms. The zero-order chi connectivity index (χ0) is 25.9. The minimum Gasteiger partial charge on any atom is -0.480 e. The lowest BCUT2D eigenvalue weighted by Crippen LogP contribution is -2.37. The van der Waals surface area contributed by atoms with Gasteiger partial charge >= 0.3 is 5.97 Å². The molecule has 0 aliphatic rings. The fourth-order valence-electron chi connectivity index (χ4n) is 3.73. The highest BCUT2D eigenvalue weighted by molar-refractivity contribution is 7.92. The highest BCUT2D eigenvalue weighted by atomic mass is 35.5. The van der Waals surface area contributed by atoms with E-state index in [0.29, 0.717) is 16.1 Å². The van der Waals surface area contributed by atoms with Gasteiger partial charge in [0.15, 0.2) is 0 Å². The van der Waals surface area contributed by atoms with E-state index in [1.807, 2.05) is 0 Å². The van der Waals surface area contributed by atoms with Crippen LogP contribution < -0.4 is 4.31 Å². The van der Waals surface area contributed by atoms with Gasteiger partial charge in [-0.1, -0.05) is 35.9 Å². The second kappa shape index (κ2) is 12.0. The molecule has 1 N–H and O–H groups in total. The first-order chi connectivity index (χ1) is 16.4. The quantitative estimate of drug-likeness (QED) is 0.353. The van der Waals surface area contributed by atoms with Crippen molar-refractivity contribution in [3.05, 3.63) is 94.5 Å². The second-order valence-corrected chi connectivity index (χ2v) is 10.4. The van der Waals surface area contributed by atoms with Crippen molar-refractivity contribution in [1.29, 1.82) is 0 Å². The van der Waals surface area contributed by atoms with Crippen LogP contribution in [0.25, 0.3) is 0 Å². The van der Waals surface area contributed by atoms with Crippen molar-refractivity contribution in [3.63, 3.8) is 0 Å². The molecule has 6 nitrogen and oxygen atoms in total. The molecule has 0 radical (unpaired) electrons. The number of hydrogen-bond acceptors (Lipinski definition) is 4. The summed E-state index contributed by atoms with van der Waals surface area (Å²) in [6.45, 7) is 3.29. The van der Waals surface area contributed by atoms with Crippen molar-refractivity contribution in [2.75, 3.05) is 11.4 Å². The zero-order valence-corrected chi connectivity index (χ0v) is 22.1. The fraction of sp³-hybridized carbons (Fsp3) is 0.240. The summed E-state index contributed by atoms with van der Waals surface area (Å²) >= 11 is 5.92. The van der Waals surface area contributed by atoms with Gasteiger partial charge in [0.25, 0.3) is 10.0 Å². The Labute approximate surface area is 220 Å². The minimum atomic E-state index is -4.37. The number of rotatable bonds is 9. The van der Waals surface area contributed by atoms with E-state index in [1.54, 1.807) is 43.1 Å². The third kappa shape index (κ3) is 6.34. The minimum absolute atomic E-state index is 0. The van der Waals surface area contributed by atoms with Crippen LogP contribution >= 0.6 is 24.0 Å². The van der Waals surface area contributed by atoms with Crippen molar-refractivity contribution < 1.29 is 27.1 Å². The second-order valence-electron chi connectivity index (χ2n) is 8.15. The lowest BCUT2D eigenvalue weighted by atomic mass is 10.00. The highest BCUT2D eigenvalue weighted by Gasteiger charge is 2.34. The largest absolute Gasteiger partial charge is 0.480 e. The fourth-order valence-corrected chi connectivity index (χ4v) is 5.49. The van der Waals surface area contributed by atoms with E-state index in [4.69, 9.17) is 11.6 Å². The molecule has 3 aromatic carbocycles. The number of carboxylic acid groups (broad SMARTS) is 1. The Hall–Kier alpha value is -2.72. The molecule has 194 valence electrons. The summed E-state index contributed by atoms with van der Waals surface area (Å²) in [7, 11) is -2.74. The summed E-state index contributed by atoms with van der Waals surface area (Å²) < 4.78 is 57.5. The van der Waals surface area contributed by atoms with Crippen LogP contribution in [0.5, 0.6) is 0 Å². The summed E-state index contributed by atoms with van der Waals surface area (Å²) in [5.41, 5.74) is 0.705. The van der Waals surface area contributed by atoms with Crippen LogP contribution in [-0.2, 0) is 21.4 Å². The van der Waals surface area contributed by atoms with E-state index in [0.717, 1.165) is 22.5 Å². The first-order valence-corrected chi connectivity index (χ1v) is 12.5. The predicted molar refractivity (Wildman–Crippen MR) is 138 cm³/mol. The van der Waals surface area contributed by atoms with Crippen molar-refractivity contribution in [3.8, 4) is 0 Å². The molecule has 0 aromatic heterocycles. The summed E-state index contributed by atoms with van der Waals surface area (Å²) in [4.78, 5) is 12.9. The summed E-state index contributed by atoms with van der Waals surface area (Å²) in [5.74, 6) is -2.72. The van der Waals surface area contributed by atoms with Crippen molar-refractivity contribution in [2.45, 2.75) is 37.4 Å². The molecule has 3 aromatic rings. The maximum absolute atomic E-state index is 14.9. The van der Waals surface area contributed by atoms with Gasteiger partial charge in [-0.05, 0) is 68.4 Å². The Morgan fingerprint density at radius 3 is 2.25 bits per heavy atom. The molecular weight excluding hydrogens is 533 g/mol. The van der Waals surface area contributed by atoms with Crippen LogP contribution in [0.4, 0.5) is 14.5 Å². The van der Waals surface area contributed by atoms with Gasteiger partial charge in [0.05, 0.1) is 16.6 Å². The zero-order valence-electron chi connectivity index (χ0n) is 19.7. The maximum atomic E-state index is 14.9. The first-order valence-electron chi connectivity index (χ1n) is 10.7. The Balaban J connectivity index is 0.00000456. The van der Waals surface area contributed by atoms with E-state index in [1.165, 1.54) is 31.2 Å². The molecule has 0 amide bonds. The Morgan fingerprint density at radius 2 is 1.64 bits per heavy atom. The average molecular weight is 559 g/mol. The third-order valence-electron chi connectivity index (χ3n) is 5.81. The van der Waals surface area contributed by atoms with Crippen LogP contribution in [0.3, 0.4) is 0 Å². The Morgan fingerprint density at radius 1 is 1.03 bits per heavy atom. The number of anilines is 1. The molecule has 2 atom stereocenters. The van der Waals surface area contributed by atoms with E-state index < -0.39 is 45.4 Å². The molecule has 0 fully saturated rings. The van der Waals surface area contributed by atoms with E-state index >= 15 is 0 Å². The van der Waals surface area contributed by atoms with Crippen molar-refractivity contribution in [2.24, 2.45) is 0 Å². The highest BCUT2D eigenvalue weighted by Crippen LogP contribution is 2.37. The van der Waals surface area contributed by atoms with Crippen molar-refractivity contribution in [1.82, 2.24) is 4.90 Å². The van der Waals surface area contributed by atoms with Gasteiger partial charge in [0, 0.05) is 17.6 Å². The number of hydrogen-bond donors (Lipinski definition) is 1. The topological polar surface area (TPSA) is 77.9 Å². The normalized spacial score (nSPS) is 13.1. The van der Waals surface area contributed by atoms with Gasteiger partial charge in [-0.25, -0.2) is 17.2 Å². The molecule has 11 heteroatoms. The van der Waals surface area contributed by atoms with Crippen LogP contribution in [0.1, 0.15) is 31.0 Å². The Kier molecular flexibility index (Phi) is 9.85. The monoisotopic (exact) mass is 558 g/mol. The number of benzene rings is 3. The van der Waals surface area contributed by atoms with Crippen LogP contribution in [0, 0.1) is 11.6 Å². The molecule has 36 heavy (non-hydrogen) atoms. The van der Waals surface area contributed by atoms with Gasteiger partial charge < -0.3 is 5.11 Å². The van der Waals surface area contributed by atoms with Gasteiger partial charge in [-0.15, -0.1) is 12.4 Å². The number of carboxylic acids is 1. The Bertz CT molecular complexity index is 1320. The van der Waals surface area contributed by atoms with E-state index in [9.17, 15) is 27.1 Å². The van der Waals surface area contributed by atoms with Gasteiger partial charge in [0.2, 0.25) is 0 Å². The summed E-state index contributed by atoms with van der Waals surface area (Å²) in [6.07, 6.45) is 0. The molecular formula is C25H26Cl2F2N2O4S. The van der Waals surface area contributed by atoms with Crippen LogP contribution in [-0.4, -0.2) is 37.5 Å². The third-order valence-corrected chi connectivity index (χ3v) is 7.96. The van der Waals surface area contributed by atoms with Crippen LogP contribution in [0.2, 0.25) is 5.02 Å². The van der Waals surface area contributed by atoms with Gasteiger partial charge in [-0.3, -0.25) is 14.0 Å². The molecule has 0 unspecified atom stereocenters. The SMILES string of the molecule is C[C@H](c1ccccc1CN(C)[C@@H](C)C(=O)O)N(c1cc(F)ccc1F)S(=O)(=O)c1ccc(Cl)cc1.Cl. The number of halogens is 4. The van der Waals surface area contributed by atoms with Gasteiger partial charge in [0.1, 0.15) is 17.7 Å². The van der Waals surface area contributed by atoms with Crippen molar-refractivity contribution >= 4 is 45.7 Å². The lowest BCUT2D eigenvalue weighted by Gasteiger charge is -2.33.